The summed E-state index contributed by atoms with van der Waals surface area (Å²) in [5, 5.41) is 1.02. The van der Waals surface area contributed by atoms with Crippen LogP contribution in [0.15, 0.2) is 36.5 Å². The van der Waals surface area contributed by atoms with Gasteiger partial charge in [-0.25, -0.2) is 0 Å². The van der Waals surface area contributed by atoms with Gasteiger partial charge in [-0.05, 0) is 12.1 Å². The van der Waals surface area contributed by atoms with Gasteiger partial charge in [-0.3, -0.25) is 4.79 Å². The zero-order valence-corrected chi connectivity index (χ0v) is 12.8. The van der Waals surface area contributed by atoms with Gasteiger partial charge in [-0.15, -0.1) is 6.58 Å². The van der Waals surface area contributed by atoms with Gasteiger partial charge in [0.1, 0.15) is 14.5 Å². The summed E-state index contributed by atoms with van der Waals surface area (Å²) in [5.74, 6) is -0.965. The van der Waals surface area contributed by atoms with E-state index in [4.69, 9.17) is 0 Å². The number of rotatable bonds is 4. The minimum Gasteiger partial charge on any atom is -0.315 e. The van der Waals surface area contributed by atoms with Crippen LogP contribution < -0.4 is 10.1 Å². The predicted octanol–water partition coefficient (Wildman–Crippen LogP) is 3.24. The molecule has 110 valence electrons. The topological polar surface area (TPSA) is 20.3 Å². The zero-order valence-electron chi connectivity index (χ0n) is 11.8. The van der Waals surface area contributed by atoms with Crippen molar-refractivity contribution >= 4 is 24.9 Å². The molecule has 0 saturated carbocycles. The number of hydrogen-bond acceptors (Lipinski definition) is 1. The quantitative estimate of drug-likeness (QED) is 0.782. The highest BCUT2D eigenvalue weighted by atomic mass is 28.3. The van der Waals surface area contributed by atoms with Crippen LogP contribution >= 0.6 is 0 Å². The fourth-order valence-electron chi connectivity index (χ4n) is 1.67. The molecule has 6 heteroatoms. The smallest absolute Gasteiger partial charge is 0.315 e. The standard InChI is InChI=1S/C14H18F3NOSi/c1-5-20(3,4)12-8-6-7-11(9-12)18(2)13(19)10-14(15,16)17/h5-9H,1,10H2,2-4H3. The van der Waals surface area contributed by atoms with Crippen molar-refractivity contribution in [3.63, 3.8) is 0 Å². The van der Waals surface area contributed by atoms with E-state index in [2.05, 4.69) is 19.7 Å². The molecule has 0 fully saturated rings. The molecular formula is C14H18F3NOSi. The molecule has 1 rings (SSSR count). The Hall–Kier alpha value is -1.56. The first-order chi connectivity index (χ1) is 9.07. The summed E-state index contributed by atoms with van der Waals surface area (Å²) in [6.45, 7) is 7.96. The summed E-state index contributed by atoms with van der Waals surface area (Å²) < 4.78 is 36.8. The van der Waals surface area contributed by atoms with Crippen molar-refractivity contribution in [1.29, 1.82) is 0 Å². The Kier molecular flexibility index (Phi) is 4.80. The van der Waals surface area contributed by atoms with Crippen molar-refractivity contribution in [3.8, 4) is 0 Å². The largest absolute Gasteiger partial charge is 0.397 e. The Morgan fingerprint density at radius 2 is 2.00 bits per heavy atom. The lowest BCUT2D eigenvalue weighted by molar-refractivity contribution is -0.151. The maximum absolute atomic E-state index is 12.3. The van der Waals surface area contributed by atoms with Gasteiger partial charge in [0, 0.05) is 12.7 Å². The van der Waals surface area contributed by atoms with E-state index in [9.17, 15) is 18.0 Å². The molecule has 0 aromatic heterocycles. The third-order valence-corrected chi connectivity index (χ3v) is 6.03. The second-order valence-electron chi connectivity index (χ2n) is 5.22. The van der Waals surface area contributed by atoms with Gasteiger partial charge in [0.2, 0.25) is 5.91 Å². The van der Waals surface area contributed by atoms with E-state index < -0.39 is 26.6 Å². The molecule has 2 nitrogen and oxygen atoms in total. The van der Waals surface area contributed by atoms with Gasteiger partial charge in [0.25, 0.3) is 0 Å². The fourth-order valence-corrected chi connectivity index (χ4v) is 2.95. The average Bonchev–Trinajstić information content (AvgIpc) is 2.36. The van der Waals surface area contributed by atoms with E-state index in [0.29, 0.717) is 5.69 Å². The summed E-state index contributed by atoms with van der Waals surface area (Å²) in [6, 6.07) is 7.06. The molecule has 20 heavy (non-hydrogen) atoms. The lowest BCUT2D eigenvalue weighted by Crippen LogP contribution is -2.40. The van der Waals surface area contributed by atoms with E-state index >= 15 is 0 Å². The molecule has 0 atom stereocenters. The van der Waals surface area contributed by atoms with Crippen molar-refractivity contribution < 1.29 is 18.0 Å². The van der Waals surface area contributed by atoms with Gasteiger partial charge < -0.3 is 4.90 Å². The molecule has 0 radical (unpaired) electrons. The van der Waals surface area contributed by atoms with Gasteiger partial charge >= 0.3 is 6.18 Å². The Morgan fingerprint density at radius 3 is 2.50 bits per heavy atom. The van der Waals surface area contributed by atoms with Crippen LogP contribution in [-0.4, -0.2) is 27.2 Å². The number of hydrogen-bond donors (Lipinski definition) is 0. The first-order valence-corrected chi connectivity index (χ1v) is 9.22. The molecule has 0 aliphatic carbocycles. The van der Waals surface area contributed by atoms with Gasteiger partial charge in [-0.2, -0.15) is 13.2 Å². The van der Waals surface area contributed by atoms with Crippen LogP contribution in [0.3, 0.4) is 0 Å². The molecule has 0 unspecified atom stereocenters. The molecule has 1 aromatic rings. The number of alkyl halides is 3. The van der Waals surface area contributed by atoms with Gasteiger partial charge in [0.05, 0.1) is 0 Å². The highest BCUT2D eigenvalue weighted by molar-refractivity contribution is 6.93. The van der Waals surface area contributed by atoms with Crippen molar-refractivity contribution in [1.82, 2.24) is 0 Å². The average molecular weight is 301 g/mol. The van der Waals surface area contributed by atoms with Crippen LogP contribution in [0.1, 0.15) is 6.42 Å². The highest BCUT2D eigenvalue weighted by Gasteiger charge is 2.33. The Labute approximate surface area is 117 Å². The summed E-state index contributed by atoms with van der Waals surface area (Å²) >= 11 is 0. The summed E-state index contributed by atoms with van der Waals surface area (Å²) in [6.07, 6.45) is -5.94. The lowest BCUT2D eigenvalue weighted by Gasteiger charge is -2.23. The molecule has 1 aromatic carbocycles. The molecular weight excluding hydrogens is 283 g/mol. The number of nitrogens with zero attached hydrogens (tertiary/aromatic N) is 1. The van der Waals surface area contributed by atoms with E-state index in [1.165, 1.54) is 7.05 Å². The first-order valence-electron chi connectivity index (χ1n) is 6.14. The highest BCUT2D eigenvalue weighted by Crippen LogP contribution is 2.22. The van der Waals surface area contributed by atoms with Crippen molar-refractivity contribution in [2.75, 3.05) is 11.9 Å². The van der Waals surface area contributed by atoms with Crippen LogP contribution in [0.25, 0.3) is 0 Å². The van der Waals surface area contributed by atoms with E-state index in [1.54, 1.807) is 18.2 Å². The Balaban J connectivity index is 3.00. The molecule has 0 saturated heterocycles. The first kappa shape index (κ1) is 16.5. The van der Waals surface area contributed by atoms with Crippen LogP contribution in [-0.2, 0) is 4.79 Å². The third-order valence-electron chi connectivity index (χ3n) is 3.21. The monoisotopic (exact) mass is 301 g/mol. The van der Waals surface area contributed by atoms with Gasteiger partial charge in [0.15, 0.2) is 0 Å². The Bertz CT molecular complexity index is 511. The normalized spacial score (nSPS) is 12.1. The van der Waals surface area contributed by atoms with Gasteiger partial charge in [-0.1, -0.05) is 36.1 Å². The molecule has 0 bridgehead atoms. The Morgan fingerprint density at radius 1 is 1.40 bits per heavy atom. The number of anilines is 1. The SMILES string of the molecule is C=C[Si](C)(C)c1cccc(N(C)C(=O)CC(F)(F)F)c1. The van der Waals surface area contributed by atoms with Crippen LogP contribution in [0, 0.1) is 0 Å². The molecule has 0 aliphatic rings. The number of amides is 1. The number of benzene rings is 1. The van der Waals surface area contributed by atoms with Crippen LogP contribution in [0.5, 0.6) is 0 Å². The van der Waals surface area contributed by atoms with E-state index in [1.807, 2.05) is 11.8 Å². The third kappa shape index (κ3) is 4.23. The second-order valence-corrected chi connectivity index (χ2v) is 9.65. The lowest BCUT2D eigenvalue weighted by atomic mass is 10.2. The molecule has 0 heterocycles. The fraction of sp³-hybridized carbons (Fsp3) is 0.357. The maximum Gasteiger partial charge on any atom is 0.397 e. The minimum absolute atomic E-state index is 0.471. The van der Waals surface area contributed by atoms with Crippen LogP contribution in [0.2, 0.25) is 13.1 Å². The van der Waals surface area contributed by atoms with E-state index in [-0.39, 0.29) is 0 Å². The van der Waals surface area contributed by atoms with Crippen molar-refractivity contribution in [3.05, 3.63) is 36.5 Å². The second kappa shape index (κ2) is 5.83. The zero-order chi connectivity index (χ0) is 15.6. The summed E-state index contributed by atoms with van der Waals surface area (Å²) in [7, 11) is -0.452. The van der Waals surface area contributed by atoms with E-state index in [0.717, 1.165) is 10.1 Å². The predicted molar refractivity (Wildman–Crippen MR) is 77.8 cm³/mol. The van der Waals surface area contributed by atoms with Crippen molar-refractivity contribution in [2.24, 2.45) is 0 Å². The molecule has 0 N–H and O–H groups in total. The van der Waals surface area contributed by atoms with Crippen molar-refractivity contribution in [2.45, 2.75) is 25.7 Å². The number of halogens is 3. The molecule has 1 amide bonds. The summed E-state index contributed by atoms with van der Waals surface area (Å²) in [5.41, 5.74) is 2.36. The number of carbonyl (C=O) groups excluding carboxylic acids is 1. The number of carbonyl (C=O) groups is 1. The van der Waals surface area contributed by atoms with Crippen LogP contribution in [0.4, 0.5) is 18.9 Å². The maximum atomic E-state index is 12.3. The molecule has 0 spiro atoms. The molecule has 0 aliphatic heterocycles. The summed E-state index contributed by atoms with van der Waals surface area (Å²) in [4.78, 5) is 12.6. The minimum atomic E-state index is -4.49.